The number of amides is 2. The Morgan fingerprint density at radius 2 is 1.77 bits per heavy atom. The number of carbonyl (C=O) groups is 2. The molecule has 2 N–H and O–H groups in total. The fraction of sp³-hybridized carbons (Fsp3) is 0.619. The van der Waals surface area contributed by atoms with Crippen molar-refractivity contribution in [3.63, 3.8) is 0 Å². The van der Waals surface area contributed by atoms with Crippen LogP contribution in [0, 0.1) is 11.8 Å². The van der Waals surface area contributed by atoms with Gasteiger partial charge in [0.15, 0.2) is 0 Å². The lowest BCUT2D eigenvalue weighted by Crippen LogP contribution is -2.37. The molecule has 2 aliphatic rings. The summed E-state index contributed by atoms with van der Waals surface area (Å²) in [5.74, 6) is 1.19. The number of hydrogen-bond acceptors (Lipinski definition) is 2. The second-order valence-corrected chi connectivity index (χ2v) is 8.04. The minimum Gasteiger partial charge on any atom is -0.370 e. The van der Waals surface area contributed by atoms with Crippen LogP contribution in [0.15, 0.2) is 24.3 Å². The summed E-state index contributed by atoms with van der Waals surface area (Å²) in [4.78, 5) is 23.4. The molecule has 1 saturated carbocycles. The summed E-state index contributed by atoms with van der Waals surface area (Å²) >= 11 is 5.93. The van der Waals surface area contributed by atoms with Crippen LogP contribution in [-0.2, 0) is 16.0 Å². The maximum absolute atomic E-state index is 11.0. The molecule has 1 aromatic rings. The molecule has 1 heterocycles. The number of primary amides is 1. The summed E-state index contributed by atoms with van der Waals surface area (Å²) in [6.45, 7) is 3.12. The Morgan fingerprint density at radius 3 is 2.31 bits per heavy atom. The highest BCUT2D eigenvalue weighted by Crippen LogP contribution is 2.28. The number of nitrogens with two attached hydrogens (primary N) is 1. The van der Waals surface area contributed by atoms with Gasteiger partial charge < -0.3 is 10.6 Å². The zero-order valence-corrected chi connectivity index (χ0v) is 16.5. The SMILES string of the molecule is CC(=O)N1CCC(CC(N)=O)CC1.Clc1cccc(CC2CCCC2)c1. The van der Waals surface area contributed by atoms with Crippen LogP contribution >= 0.6 is 11.6 Å². The number of piperidine rings is 1. The Labute approximate surface area is 162 Å². The van der Waals surface area contributed by atoms with Gasteiger partial charge in [0.25, 0.3) is 0 Å². The monoisotopic (exact) mass is 378 g/mol. The Kier molecular flexibility index (Phi) is 8.43. The van der Waals surface area contributed by atoms with Crippen LogP contribution in [0.25, 0.3) is 0 Å². The summed E-state index contributed by atoms with van der Waals surface area (Å²) in [6.07, 6.45) is 9.16. The average molecular weight is 379 g/mol. The van der Waals surface area contributed by atoms with E-state index in [1.54, 1.807) is 6.92 Å². The van der Waals surface area contributed by atoms with Crippen molar-refractivity contribution in [1.82, 2.24) is 4.90 Å². The zero-order chi connectivity index (χ0) is 18.9. The minimum atomic E-state index is -0.235. The summed E-state index contributed by atoms with van der Waals surface area (Å²) in [5.41, 5.74) is 6.50. The van der Waals surface area contributed by atoms with E-state index >= 15 is 0 Å². The van der Waals surface area contributed by atoms with Crippen LogP contribution in [0.4, 0.5) is 0 Å². The lowest BCUT2D eigenvalue weighted by Gasteiger charge is -2.30. The van der Waals surface area contributed by atoms with Crippen molar-refractivity contribution in [3.05, 3.63) is 34.9 Å². The molecule has 0 atom stereocenters. The molecule has 1 saturated heterocycles. The van der Waals surface area contributed by atoms with Crippen molar-refractivity contribution in [2.45, 2.75) is 58.3 Å². The summed E-state index contributed by atoms with van der Waals surface area (Å²) < 4.78 is 0. The van der Waals surface area contributed by atoms with E-state index in [9.17, 15) is 9.59 Å². The van der Waals surface area contributed by atoms with Gasteiger partial charge in [-0.3, -0.25) is 9.59 Å². The number of halogens is 1. The third kappa shape index (κ3) is 7.36. The molecule has 3 rings (SSSR count). The van der Waals surface area contributed by atoms with Gasteiger partial charge in [0.2, 0.25) is 11.8 Å². The number of rotatable bonds is 4. The van der Waals surface area contributed by atoms with Crippen molar-refractivity contribution < 1.29 is 9.59 Å². The van der Waals surface area contributed by atoms with Crippen molar-refractivity contribution >= 4 is 23.4 Å². The van der Waals surface area contributed by atoms with Gasteiger partial charge in [-0.2, -0.15) is 0 Å². The first-order valence-electron chi connectivity index (χ1n) is 9.72. The molecule has 0 unspecified atom stereocenters. The molecule has 144 valence electrons. The fourth-order valence-electron chi connectivity index (χ4n) is 3.95. The molecule has 0 aromatic heterocycles. The van der Waals surface area contributed by atoms with Crippen LogP contribution in [0.1, 0.15) is 57.4 Å². The first-order chi connectivity index (χ1) is 12.4. The summed E-state index contributed by atoms with van der Waals surface area (Å²) in [6, 6.07) is 8.27. The molecule has 2 amide bonds. The van der Waals surface area contributed by atoms with Gasteiger partial charge in [0.05, 0.1) is 0 Å². The minimum absolute atomic E-state index is 0.123. The summed E-state index contributed by atoms with van der Waals surface area (Å²) in [5, 5.41) is 0.871. The normalized spacial score (nSPS) is 18.3. The van der Waals surface area contributed by atoms with E-state index < -0.39 is 0 Å². The van der Waals surface area contributed by atoms with Crippen molar-refractivity contribution in [3.8, 4) is 0 Å². The smallest absolute Gasteiger partial charge is 0.219 e. The number of hydrogen-bond donors (Lipinski definition) is 1. The lowest BCUT2D eigenvalue weighted by atomic mass is 9.93. The fourth-order valence-corrected chi connectivity index (χ4v) is 4.16. The van der Waals surface area contributed by atoms with Gasteiger partial charge in [-0.1, -0.05) is 49.4 Å². The third-order valence-corrected chi connectivity index (χ3v) is 5.67. The maximum atomic E-state index is 11.0. The molecule has 0 radical (unpaired) electrons. The van der Waals surface area contributed by atoms with Crippen LogP contribution < -0.4 is 5.73 Å². The number of nitrogens with zero attached hydrogens (tertiary/aromatic N) is 1. The first-order valence-corrected chi connectivity index (χ1v) is 10.1. The predicted molar refractivity (Wildman–Crippen MR) is 106 cm³/mol. The standard InChI is InChI=1S/C12H15Cl.C9H16N2O2/c13-12-7-3-6-11(9-12)8-10-4-1-2-5-10;1-7(12)11-4-2-8(3-5-11)6-9(10)13/h3,6-7,9-10H,1-2,4-5,8H2;8H,2-6H2,1H3,(H2,10,13). The Balaban J connectivity index is 0.000000187. The van der Waals surface area contributed by atoms with Gasteiger partial charge in [0.1, 0.15) is 0 Å². The van der Waals surface area contributed by atoms with E-state index in [0.717, 1.165) is 36.9 Å². The van der Waals surface area contributed by atoms with Crippen LogP contribution in [-0.4, -0.2) is 29.8 Å². The van der Waals surface area contributed by atoms with E-state index in [0.29, 0.717) is 12.3 Å². The number of likely N-dealkylation sites (tertiary alicyclic amines) is 1. The Bertz CT molecular complexity index is 591. The zero-order valence-electron chi connectivity index (χ0n) is 15.8. The first kappa shape index (κ1) is 20.8. The molecule has 1 aliphatic carbocycles. The van der Waals surface area contributed by atoms with Gasteiger partial charge in [0, 0.05) is 31.5 Å². The molecule has 2 fully saturated rings. The molecule has 0 bridgehead atoms. The maximum Gasteiger partial charge on any atom is 0.219 e. The van der Waals surface area contributed by atoms with Crippen molar-refractivity contribution in [1.29, 1.82) is 0 Å². The van der Waals surface area contributed by atoms with E-state index in [1.807, 2.05) is 17.0 Å². The van der Waals surface area contributed by atoms with Crippen molar-refractivity contribution in [2.24, 2.45) is 17.6 Å². The van der Waals surface area contributed by atoms with Crippen LogP contribution in [0.3, 0.4) is 0 Å². The largest absolute Gasteiger partial charge is 0.370 e. The molecular formula is C21H31ClN2O2. The third-order valence-electron chi connectivity index (χ3n) is 5.44. The molecular weight excluding hydrogens is 348 g/mol. The van der Waals surface area contributed by atoms with E-state index in [-0.39, 0.29) is 11.8 Å². The molecule has 4 nitrogen and oxygen atoms in total. The predicted octanol–water partition coefficient (Wildman–Crippen LogP) is 4.19. The van der Waals surface area contributed by atoms with Gasteiger partial charge >= 0.3 is 0 Å². The Morgan fingerprint density at radius 1 is 1.12 bits per heavy atom. The number of carbonyl (C=O) groups excluding carboxylic acids is 2. The van der Waals surface area contributed by atoms with Gasteiger partial charge in [-0.15, -0.1) is 0 Å². The average Bonchev–Trinajstić information content (AvgIpc) is 3.08. The highest BCUT2D eigenvalue weighted by molar-refractivity contribution is 6.30. The number of benzene rings is 1. The van der Waals surface area contributed by atoms with Crippen molar-refractivity contribution in [2.75, 3.05) is 13.1 Å². The van der Waals surface area contributed by atoms with Gasteiger partial charge in [-0.25, -0.2) is 0 Å². The topological polar surface area (TPSA) is 63.4 Å². The highest BCUT2D eigenvalue weighted by Gasteiger charge is 2.21. The molecule has 1 aromatic carbocycles. The van der Waals surface area contributed by atoms with Gasteiger partial charge in [-0.05, 0) is 48.8 Å². The molecule has 0 spiro atoms. The van der Waals surface area contributed by atoms with E-state index in [1.165, 1.54) is 37.7 Å². The van der Waals surface area contributed by atoms with E-state index in [4.69, 9.17) is 17.3 Å². The quantitative estimate of drug-likeness (QED) is 0.853. The molecule has 5 heteroatoms. The second kappa shape index (κ2) is 10.6. The van der Waals surface area contributed by atoms with Crippen LogP contribution in [0.2, 0.25) is 5.02 Å². The van der Waals surface area contributed by atoms with Crippen LogP contribution in [0.5, 0.6) is 0 Å². The Hall–Kier alpha value is -1.55. The second-order valence-electron chi connectivity index (χ2n) is 7.60. The van der Waals surface area contributed by atoms with E-state index in [2.05, 4.69) is 12.1 Å². The summed E-state index contributed by atoms with van der Waals surface area (Å²) in [7, 11) is 0. The molecule has 26 heavy (non-hydrogen) atoms. The highest BCUT2D eigenvalue weighted by atomic mass is 35.5. The molecule has 1 aliphatic heterocycles. The lowest BCUT2D eigenvalue weighted by molar-refractivity contribution is -0.130.